The van der Waals surface area contributed by atoms with Gasteiger partial charge in [-0.1, -0.05) is 12.8 Å². The number of anilines is 3. The molecule has 2 aliphatic rings. The third kappa shape index (κ3) is 1.86. The highest BCUT2D eigenvalue weighted by molar-refractivity contribution is 6.08. The van der Waals surface area contributed by atoms with Gasteiger partial charge >= 0.3 is 0 Å². The Morgan fingerprint density at radius 2 is 1.89 bits per heavy atom. The van der Waals surface area contributed by atoms with E-state index >= 15 is 0 Å². The molecule has 3 rings (SSSR count). The van der Waals surface area contributed by atoms with Crippen LogP contribution in [0.5, 0.6) is 0 Å². The van der Waals surface area contributed by atoms with Crippen LogP contribution in [0.3, 0.4) is 0 Å². The second-order valence-electron chi connectivity index (χ2n) is 6.31. The maximum absolute atomic E-state index is 12.6. The highest BCUT2D eigenvalue weighted by Gasteiger charge is 2.44. The van der Waals surface area contributed by atoms with Crippen LogP contribution < -0.4 is 16.4 Å². The van der Waals surface area contributed by atoms with Gasteiger partial charge in [0.2, 0.25) is 5.91 Å². The summed E-state index contributed by atoms with van der Waals surface area (Å²) in [6.07, 6.45) is 3.70. The topological polar surface area (TPSA) is 72.3 Å². The quantitative estimate of drug-likeness (QED) is 0.818. The minimum Gasteiger partial charge on any atom is -0.397 e. The number of nitrogen functional groups attached to an aromatic ring is 2. The SMILES string of the molecule is CC1(C)C(=O)N(CCC2CC2)c2cc(N)c(N)cc21. The Morgan fingerprint density at radius 3 is 2.53 bits per heavy atom. The molecule has 0 radical (unpaired) electrons. The zero-order chi connectivity index (χ0) is 13.8. The lowest BCUT2D eigenvalue weighted by Gasteiger charge is -2.20. The van der Waals surface area contributed by atoms with E-state index in [9.17, 15) is 4.79 Å². The van der Waals surface area contributed by atoms with Crippen LogP contribution in [0.15, 0.2) is 12.1 Å². The van der Waals surface area contributed by atoms with Crippen LogP contribution in [0.1, 0.15) is 38.7 Å². The van der Waals surface area contributed by atoms with E-state index in [4.69, 9.17) is 11.5 Å². The molecule has 4 N–H and O–H groups in total. The molecule has 1 heterocycles. The summed E-state index contributed by atoms with van der Waals surface area (Å²) in [7, 11) is 0. The molecule has 1 amide bonds. The van der Waals surface area contributed by atoms with E-state index in [2.05, 4.69) is 0 Å². The number of nitrogens with zero attached hydrogens (tertiary/aromatic N) is 1. The van der Waals surface area contributed by atoms with Crippen LogP contribution in [0.2, 0.25) is 0 Å². The summed E-state index contributed by atoms with van der Waals surface area (Å²) < 4.78 is 0. The van der Waals surface area contributed by atoms with E-state index in [-0.39, 0.29) is 5.91 Å². The zero-order valence-corrected chi connectivity index (χ0v) is 11.6. The molecule has 102 valence electrons. The Labute approximate surface area is 113 Å². The van der Waals surface area contributed by atoms with E-state index in [0.29, 0.717) is 11.4 Å². The molecular formula is C15H21N3O. The number of benzene rings is 1. The molecule has 0 unspecified atom stereocenters. The molecule has 4 nitrogen and oxygen atoms in total. The fraction of sp³-hybridized carbons (Fsp3) is 0.533. The van der Waals surface area contributed by atoms with E-state index < -0.39 is 5.41 Å². The van der Waals surface area contributed by atoms with Crippen molar-refractivity contribution in [2.75, 3.05) is 22.9 Å². The first-order valence-corrected chi connectivity index (χ1v) is 6.92. The van der Waals surface area contributed by atoms with Gasteiger partial charge in [-0.2, -0.15) is 0 Å². The summed E-state index contributed by atoms with van der Waals surface area (Å²) >= 11 is 0. The molecule has 1 aliphatic carbocycles. The lowest BCUT2D eigenvalue weighted by Crippen LogP contribution is -2.36. The van der Waals surface area contributed by atoms with Crippen molar-refractivity contribution >= 4 is 23.0 Å². The number of carbonyl (C=O) groups excluding carboxylic acids is 1. The third-order valence-electron chi connectivity index (χ3n) is 4.40. The summed E-state index contributed by atoms with van der Waals surface area (Å²) in [5.41, 5.74) is 14.3. The zero-order valence-electron chi connectivity index (χ0n) is 11.6. The van der Waals surface area contributed by atoms with Gasteiger partial charge in [-0.15, -0.1) is 0 Å². The van der Waals surface area contributed by atoms with Crippen LogP contribution in [0, 0.1) is 5.92 Å². The fourth-order valence-corrected chi connectivity index (χ4v) is 2.85. The average Bonchev–Trinajstić information content (AvgIpc) is 3.13. The predicted octanol–water partition coefficient (Wildman–Crippen LogP) is 2.28. The molecule has 0 atom stereocenters. The first-order chi connectivity index (χ1) is 8.91. The maximum atomic E-state index is 12.6. The Bertz CT molecular complexity index is 547. The molecule has 0 spiro atoms. The number of rotatable bonds is 3. The summed E-state index contributed by atoms with van der Waals surface area (Å²) in [6.45, 7) is 4.71. The van der Waals surface area contributed by atoms with Gasteiger partial charge < -0.3 is 16.4 Å². The molecule has 0 saturated heterocycles. The molecular weight excluding hydrogens is 238 g/mol. The second-order valence-corrected chi connectivity index (χ2v) is 6.31. The van der Waals surface area contributed by atoms with Crippen molar-refractivity contribution in [1.29, 1.82) is 0 Å². The van der Waals surface area contributed by atoms with Crippen LogP contribution >= 0.6 is 0 Å². The summed E-state index contributed by atoms with van der Waals surface area (Å²) in [6, 6.07) is 3.71. The maximum Gasteiger partial charge on any atom is 0.237 e. The van der Waals surface area contributed by atoms with Crippen LogP contribution in [-0.4, -0.2) is 12.5 Å². The Balaban J connectivity index is 1.99. The van der Waals surface area contributed by atoms with Crippen molar-refractivity contribution in [2.24, 2.45) is 5.92 Å². The van der Waals surface area contributed by atoms with Crippen molar-refractivity contribution in [2.45, 2.75) is 38.5 Å². The van der Waals surface area contributed by atoms with Crippen molar-refractivity contribution in [1.82, 2.24) is 0 Å². The van der Waals surface area contributed by atoms with Crippen LogP contribution in [0.4, 0.5) is 17.1 Å². The summed E-state index contributed by atoms with van der Waals surface area (Å²) in [4.78, 5) is 14.5. The number of hydrogen-bond donors (Lipinski definition) is 2. The van der Waals surface area contributed by atoms with E-state index in [1.807, 2.05) is 30.9 Å². The predicted molar refractivity (Wildman–Crippen MR) is 78.0 cm³/mol. The monoisotopic (exact) mass is 259 g/mol. The third-order valence-corrected chi connectivity index (χ3v) is 4.40. The fourth-order valence-electron chi connectivity index (χ4n) is 2.85. The van der Waals surface area contributed by atoms with Crippen molar-refractivity contribution < 1.29 is 4.79 Å². The number of fused-ring (bicyclic) bond motifs is 1. The highest BCUT2D eigenvalue weighted by Crippen LogP contribution is 2.45. The molecule has 1 aliphatic heterocycles. The standard InChI is InChI=1S/C15H21N3O/c1-15(2)10-7-11(16)12(17)8-13(10)18(14(15)19)6-5-9-3-4-9/h7-9H,3-6,16-17H2,1-2H3. The highest BCUT2D eigenvalue weighted by atomic mass is 16.2. The molecule has 1 saturated carbocycles. The summed E-state index contributed by atoms with van der Waals surface area (Å²) in [5, 5.41) is 0. The van der Waals surface area contributed by atoms with Gasteiger partial charge in [-0.3, -0.25) is 4.79 Å². The van der Waals surface area contributed by atoms with E-state index in [0.717, 1.165) is 30.1 Å². The molecule has 4 heteroatoms. The molecule has 0 bridgehead atoms. The molecule has 1 fully saturated rings. The lowest BCUT2D eigenvalue weighted by molar-refractivity contribution is -0.122. The largest absolute Gasteiger partial charge is 0.397 e. The minimum atomic E-state index is -0.499. The van der Waals surface area contributed by atoms with Gasteiger partial charge in [0.15, 0.2) is 0 Å². The van der Waals surface area contributed by atoms with Gasteiger partial charge in [0.05, 0.1) is 22.5 Å². The number of carbonyl (C=O) groups is 1. The van der Waals surface area contributed by atoms with Crippen LogP contribution in [0.25, 0.3) is 0 Å². The van der Waals surface area contributed by atoms with E-state index in [1.165, 1.54) is 12.8 Å². The van der Waals surface area contributed by atoms with Gasteiger partial charge in [0.25, 0.3) is 0 Å². The van der Waals surface area contributed by atoms with Gasteiger partial charge in [-0.05, 0) is 43.9 Å². The summed E-state index contributed by atoms with van der Waals surface area (Å²) in [5.74, 6) is 0.972. The van der Waals surface area contributed by atoms with Crippen molar-refractivity contribution in [3.8, 4) is 0 Å². The lowest BCUT2D eigenvalue weighted by atomic mass is 9.86. The average molecular weight is 259 g/mol. The smallest absolute Gasteiger partial charge is 0.237 e. The molecule has 1 aromatic carbocycles. The number of amides is 1. The molecule has 19 heavy (non-hydrogen) atoms. The molecule has 0 aromatic heterocycles. The van der Waals surface area contributed by atoms with Crippen molar-refractivity contribution in [3.05, 3.63) is 17.7 Å². The minimum absolute atomic E-state index is 0.160. The first kappa shape index (κ1) is 12.3. The van der Waals surface area contributed by atoms with Crippen LogP contribution in [-0.2, 0) is 10.2 Å². The Morgan fingerprint density at radius 1 is 1.26 bits per heavy atom. The second kappa shape index (κ2) is 3.89. The van der Waals surface area contributed by atoms with Gasteiger partial charge in [0, 0.05) is 6.54 Å². The van der Waals surface area contributed by atoms with Crippen molar-refractivity contribution in [3.63, 3.8) is 0 Å². The molecule has 1 aromatic rings. The van der Waals surface area contributed by atoms with E-state index in [1.54, 1.807) is 0 Å². The van der Waals surface area contributed by atoms with Gasteiger partial charge in [-0.25, -0.2) is 0 Å². The Hall–Kier alpha value is -1.71. The number of hydrogen-bond acceptors (Lipinski definition) is 3. The normalized spacial score (nSPS) is 20.7. The van der Waals surface area contributed by atoms with Gasteiger partial charge in [0.1, 0.15) is 0 Å². The number of nitrogens with two attached hydrogens (primary N) is 2. The Kier molecular flexibility index (Phi) is 2.52. The first-order valence-electron chi connectivity index (χ1n) is 6.92.